The van der Waals surface area contributed by atoms with Crippen LogP contribution in [0.15, 0.2) is 53.8 Å². The zero-order valence-corrected chi connectivity index (χ0v) is 12.6. The van der Waals surface area contributed by atoms with Gasteiger partial charge in [-0.1, -0.05) is 0 Å². The highest BCUT2D eigenvalue weighted by Gasteiger charge is 2.12. The first kappa shape index (κ1) is 14.5. The maximum atomic E-state index is 13.6. The van der Waals surface area contributed by atoms with E-state index in [0.717, 1.165) is 5.69 Å². The third-order valence-corrected chi connectivity index (χ3v) is 4.02. The Morgan fingerprint density at radius 1 is 1.08 bits per heavy atom. The van der Waals surface area contributed by atoms with E-state index in [1.807, 2.05) is 10.6 Å². The van der Waals surface area contributed by atoms with Crippen molar-refractivity contribution in [2.24, 2.45) is 0 Å². The lowest BCUT2D eigenvalue weighted by atomic mass is 10.1. The summed E-state index contributed by atoms with van der Waals surface area (Å²) in [5.74, 6) is -0.464. The Balaban J connectivity index is 2.13. The van der Waals surface area contributed by atoms with Crippen molar-refractivity contribution in [2.75, 3.05) is 6.61 Å². The number of halogens is 1. The molecule has 0 spiro atoms. The molecule has 6 nitrogen and oxygen atoms in total. The minimum atomic E-state index is -0.464. The van der Waals surface area contributed by atoms with Gasteiger partial charge in [-0.2, -0.15) is 5.10 Å². The molecule has 4 aromatic rings. The lowest BCUT2D eigenvalue weighted by Gasteiger charge is -2.15. The van der Waals surface area contributed by atoms with Crippen molar-refractivity contribution in [3.05, 3.63) is 65.1 Å². The van der Waals surface area contributed by atoms with Gasteiger partial charge in [-0.15, -0.1) is 0 Å². The normalized spacial score (nSPS) is 11.4. The molecule has 0 radical (unpaired) electrons. The maximum absolute atomic E-state index is 13.6. The summed E-state index contributed by atoms with van der Waals surface area (Å²) in [6, 6.07) is 9.35. The maximum Gasteiger partial charge on any atom is 0.197 e. The number of pyridine rings is 1. The molecule has 1 N–H and O–H groups in total. The van der Waals surface area contributed by atoms with Gasteiger partial charge in [0, 0.05) is 17.3 Å². The van der Waals surface area contributed by atoms with Crippen molar-refractivity contribution in [2.45, 2.75) is 6.54 Å². The van der Waals surface area contributed by atoms with E-state index in [1.54, 1.807) is 29.2 Å². The van der Waals surface area contributed by atoms with Gasteiger partial charge in [0.1, 0.15) is 18.5 Å². The molecule has 2 aromatic heterocycles. The van der Waals surface area contributed by atoms with Gasteiger partial charge < -0.3 is 9.67 Å². The van der Waals surface area contributed by atoms with Crippen LogP contribution in [0.2, 0.25) is 0 Å². The van der Waals surface area contributed by atoms with Crippen LogP contribution in [0.25, 0.3) is 27.5 Å². The van der Waals surface area contributed by atoms with E-state index < -0.39 is 5.82 Å². The number of hydrogen-bond donors (Lipinski definition) is 1. The molecular weight excluding hydrogens is 311 g/mol. The Kier molecular flexibility index (Phi) is 3.35. The molecule has 7 heteroatoms. The second kappa shape index (κ2) is 5.54. The molecule has 2 heterocycles. The lowest BCUT2D eigenvalue weighted by Crippen LogP contribution is -2.14. The van der Waals surface area contributed by atoms with Crippen molar-refractivity contribution >= 4 is 21.8 Å². The smallest absolute Gasteiger partial charge is 0.197 e. The zero-order valence-electron chi connectivity index (χ0n) is 12.6. The van der Waals surface area contributed by atoms with Crippen molar-refractivity contribution in [3.8, 4) is 5.69 Å². The highest BCUT2D eigenvalue weighted by Crippen LogP contribution is 2.22. The highest BCUT2D eigenvalue weighted by atomic mass is 19.1. The van der Waals surface area contributed by atoms with Crippen LogP contribution in [0.4, 0.5) is 4.39 Å². The summed E-state index contributed by atoms with van der Waals surface area (Å²) >= 11 is 0. The summed E-state index contributed by atoms with van der Waals surface area (Å²) in [5.41, 5.74) is 1.74. The minimum Gasteiger partial charge on any atom is -0.395 e. The molecule has 24 heavy (non-hydrogen) atoms. The number of aliphatic hydroxyl groups is 1. The molecule has 0 saturated carbocycles. The molecule has 0 aliphatic heterocycles. The summed E-state index contributed by atoms with van der Waals surface area (Å²) < 4.78 is 17.0. The predicted molar refractivity (Wildman–Crippen MR) is 87.7 cm³/mol. The van der Waals surface area contributed by atoms with Gasteiger partial charge in [0.15, 0.2) is 5.43 Å². The van der Waals surface area contributed by atoms with Crippen molar-refractivity contribution in [1.82, 2.24) is 19.3 Å². The van der Waals surface area contributed by atoms with E-state index in [4.69, 9.17) is 0 Å². The van der Waals surface area contributed by atoms with E-state index in [9.17, 15) is 14.3 Å². The quantitative estimate of drug-likeness (QED) is 0.584. The summed E-state index contributed by atoms with van der Waals surface area (Å²) in [4.78, 5) is 16.6. The van der Waals surface area contributed by atoms with Gasteiger partial charge in [0.2, 0.25) is 0 Å². The highest BCUT2D eigenvalue weighted by molar-refractivity contribution is 5.94. The van der Waals surface area contributed by atoms with Crippen LogP contribution in [0.3, 0.4) is 0 Å². The first-order valence-electron chi connectivity index (χ1n) is 7.41. The Hall–Kier alpha value is -3.06. The molecule has 0 saturated heterocycles. The molecule has 0 aliphatic carbocycles. The van der Waals surface area contributed by atoms with Crippen LogP contribution in [0.1, 0.15) is 0 Å². The summed E-state index contributed by atoms with van der Waals surface area (Å²) in [6.45, 7) is 0.192. The van der Waals surface area contributed by atoms with E-state index in [-0.39, 0.29) is 12.0 Å². The fourth-order valence-electron chi connectivity index (χ4n) is 2.96. The molecule has 0 bridgehead atoms. The molecule has 0 aliphatic rings. The summed E-state index contributed by atoms with van der Waals surface area (Å²) in [7, 11) is 0. The first-order valence-corrected chi connectivity index (χ1v) is 7.41. The number of fused-ring (bicyclic) bond motifs is 2. The van der Waals surface area contributed by atoms with E-state index in [1.165, 1.54) is 18.5 Å². The lowest BCUT2D eigenvalue weighted by molar-refractivity contribution is 0.279. The molecule has 0 atom stereocenters. The second-order valence-corrected chi connectivity index (χ2v) is 5.41. The van der Waals surface area contributed by atoms with Crippen molar-refractivity contribution in [1.29, 1.82) is 0 Å². The van der Waals surface area contributed by atoms with Crippen LogP contribution < -0.4 is 5.43 Å². The van der Waals surface area contributed by atoms with E-state index in [2.05, 4.69) is 10.1 Å². The molecule has 0 fully saturated rings. The number of nitrogens with zero attached hydrogens (tertiary/aromatic N) is 4. The third-order valence-electron chi connectivity index (χ3n) is 4.02. The zero-order chi connectivity index (χ0) is 16.7. The Morgan fingerprint density at radius 2 is 1.96 bits per heavy atom. The second-order valence-electron chi connectivity index (χ2n) is 5.41. The SMILES string of the molecule is O=c1c2cc(F)ccc2n(CCO)c2cc(-n3cncn3)ccc12. The molecule has 2 aromatic carbocycles. The van der Waals surface area contributed by atoms with Crippen molar-refractivity contribution < 1.29 is 9.50 Å². The molecule has 0 amide bonds. The monoisotopic (exact) mass is 324 g/mol. The number of rotatable bonds is 3. The molecule has 120 valence electrons. The van der Waals surface area contributed by atoms with Gasteiger partial charge in [0.05, 0.1) is 23.3 Å². The standard InChI is InChI=1S/C17H13FN4O2/c18-11-1-4-15-14(7-11)17(24)13-3-2-12(22-10-19-9-20-22)8-16(13)21(15)5-6-23/h1-4,7-10,23H,5-6H2. The van der Waals surface area contributed by atoms with Gasteiger partial charge in [0.25, 0.3) is 0 Å². The van der Waals surface area contributed by atoms with Crippen LogP contribution in [-0.4, -0.2) is 31.0 Å². The van der Waals surface area contributed by atoms with E-state index in [0.29, 0.717) is 28.4 Å². The fraction of sp³-hybridized carbons (Fsp3) is 0.118. The van der Waals surface area contributed by atoms with Crippen LogP contribution in [0.5, 0.6) is 0 Å². The largest absolute Gasteiger partial charge is 0.395 e. The fourth-order valence-corrected chi connectivity index (χ4v) is 2.96. The number of benzene rings is 2. The Morgan fingerprint density at radius 3 is 2.71 bits per heavy atom. The van der Waals surface area contributed by atoms with Gasteiger partial charge in [-0.25, -0.2) is 14.1 Å². The van der Waals surface area contributed by atoms with Gasteiger partial charge in [-0.05, 0) is 36.4 Å². The van der Waals surface area contributed by atoms with Gasteiger partial charge >= 0.3 is 0 Å². The third kappa shape index (κ3) is 2.17. The number of aliphatic hydroxyl groups excluding tert-OH is 1. The molecule has 4 rings (SSSR count). The average molecular weight is 324 g/mol. The summed E-state index contributed by atoms with van der Waals surface area (Å²) in [5, 5.41) is 14.3. The predicted octanol–water partition coefficient (Wildman–Crippen LogP) is 1.87. The number of hydrogen-bond acceptors (Lipinski definition) is 4. The topological polar surface area (TPSA) is 72.9 Å². The Labute approximate surface area is 135 Å². The molecule has 0 unspecified atom stereocenters. The molecular formula is C17H13FN4O2. The average Bonchev–Trinajstić information content (AvgIpc) is 3.13. The number of aromatic nitrogens is 4. The first-order chi connectivity index (χ1) is 11.7. The Bertz CT molecular complexity index is 1100. The van der Waals surface area contributed by atoms with Crippen molar-refractivity contribution in [3.63, 3.8) is 0 Å². The van der Waals surface area contributed by atoms with E-state index >= 15 is 0 Å². The van der Waals surface area contributed by atoms with Crippen LogP contribution >= 0.6 is 0 Å². The summed E-state index contributed by atoms with van der Waals surface area (Å²) in [6.07, 6.45) is 2.99. The minimum absolute atomic E-state index is 0.0992. The van der Waals surface area contributed by atoms with Crippen LogP contribution in [0, 0.1) is 5.82 Å². The van der Waals surface area contributed by atoms with Crippen LogP contribution in [-0.2, 0) is 6.54 Å². The van der Waals surface area contributed by atoms with Gasteiger partial charge in [-0.3, -0.25) is 4.79 Å².